The number of aliphatic hydroxyl groups excluding tert-OH is 1. The molecule has 0 bridgehead atoms. The monoisotopic (exact) mass is 659 g/mol. The molecule has 23 heteroatoms. The van der Waals surface area contributed by atoms with Crippen LogP contribution >= 0.6 is 30.8 Å². The molecule has 0 radical (unpaired) electrons. The minimum atomic E-state index is -5.85. The zero-order chi connectivity index (χ0) is 30.4. The van der Waals surface area contributed by atoms with Crippen molar-refractivity contribution in [2.24, 2.45) is 5.73 Å². The van der Waals surface area contributed by atoms with E-state index in [4.69, 9.17) is 10.5 Å². The number of nitrogens with zero attached hydrogens (tertiary/aromatic N) is 1. The van der Waals surface area contributed by atoms with E-state index in [1.54, 1.807) is 0 Å². The van der Waals surface area contributed by atoms with E-state index in [9.17, 15) is 52.5 Å². The minimum Gasteiger partial charge on any atom is -0.390 e. The average molecular weight is 659 g/mol. The Morgan fingerprint density at radius 3 is 2.30 bits per heavy atom. The van der Waals surface area contributed by atoms with Gasteiger partial charge < -0.3 is 39.7 Å². The topological polar surface area (TPSA) is 296 Å². The first-order chi connectivity index (χ1) is 18.4. The van der Waals surface area contributed by atoms with Crippen molar-refractivity contribution in [2.75, 3.05) is 25.7 Å². The van der Waals surface area contributed by atoms with Crippen LogP contribution in [0.2, 0.25) is 0 Å². The van der Waals surface area contributed by atoms with E-state index in [1.807, 2.05) is 4.98 Å². The number of H-pyrrole nitrogens is 1. The molecule has 232 valence electrons. The van der Waals surface area contributed by atoms with Crippen molar-refractivity contribution in [1.29, 1.82) is 0 Å². The van der Waals surface area contributed by atoms with Crippen molar-refractivity contribution in [2.45, 2.75) is 57.5 Å². The molecule has 1 saturated heterocycles. The molecule has 19 nitrogen and oxygen atoms in total. The van der Waals surface area contributed by atoms with Crippen LogP contribution in [0, 0.1) is 6.92 Å². The molecule has 1 aromatic heterocycles. The van der Waals surface area contributed by atoms with Crippen LogP contribution in [-0.2, 0) is 40.7 Å². The van der Waals surface area contributed by atoms with E-state index < -0.39 is 73.0 Å². The molecule has 0 aliphatic carbocycles. The number of aromatic amines is 1. The first-order valence-electron chi connectivity index (χ1n) is 11.7. The van der Waals surface area contributed by atoms with Gasteiger partial charge in [-0.05, 0) is 26.3 Å². The molecule has 8 N–H and O–H groups in total. The molecular formula is C17H33N3O16P4. The zero-order valence-electron chi connectivity index (χ0n) is 21.2. The number of hydrogen-bond donors (Lipinski definition) is 7. The van der Waals surface area contributed by atoms with Gasteiger partial charge in [-0.15, -0.1) is 0 Å². The zero-order valence-corrected chi connectivity index (χ0v) is 24.8. The Hall–Kier alpha value is -0.840. The Morgan fingerprint density at radius 2 is 1.65 bits per heavy atom. The normalized spacial score (nSPS) is 25.5. The number of aryl methyl sites for hydroxylation is 1. The summed E-state index contributed by atoms with van der Waals surface area (Å²) in [4.78, 5) is 64.6. The molecular weight excluding hydrogens is 626 g/mol. The van der Waals surface area contributed by atoms with Crippen LogP contribution in [0.3, 0.4) is 0 Å². The van der Waals surface area contributed by atoms with E-state index >= 15 is 0 Å². The summed E-state index contributed by atoms with van der Waals surface area (Å²) in [6.07, 6.45) is -0.473. The summed E-state index contributed by atoms with van der Waals surface area (Å²) in [5, 5.41) is 10.2. The summed E-state index contributed by atoms with van der Waals surface area (Å²) >= 11 is 0. The summed E-state index contributed by atoms with van der Waals surface area (Å²) in [5.41, 5.74) is 4.02. The third-order valence-electron chi connectivity index (χ3n) is 5.25. The molecule has 40 heavy (non-hydrogen) atoms. The Bertz CT molecular complexity index is 1320. The second-order valence-electron chi connectivity index (χ2n) is 8.76. The van der Waals surface area contributed by atoms with Crippen LogP contribution in [0.1, 0.15) is 43.9 Å². The second kappa shape index (κ2) is 14.6. The van der Waals surface area contributed by atoms with Gasteiger partial charge in [0.25, 0.3) is 5.56 Å². The molecule has 2 heterocycles. The summed E-state index contributed by atoms with van der Waals surface area (Å²) in [7, 11) is -21.6. The number of phosphoric ester groups is 1. The summed E-state index contributed by atoms with van der Waals surface area (Å²) in [5.74, 6) is -1.62. The van der Waals surface area contributed by atoms with Crippen LogP contribution in [0.5, 0.6) is 0 Å². The molecule has 1 fully saturated rings. The quantitative estimate of drug-likeness (QED) is 0.0890. The SMILES string of the molecule is Cc1cn([C@H]2CC(O)[C@@H](COP(=O)(O)OP(=O)(O)OP(=O)(O)CP(=O)(O)OCCCCCCN)O2)c(=O)[nH]c1=O. The molecule has 2 rings (SSSR count). The number of unbranched alkanes of at least 4 members (excludes halogenated alkanes) is 3. The van der Waals surface area contributed by atoms with E-state index in [1.165, 1.54) is 13.1 Å². The highest BCUT2D eigenvalue weighted by atomic mass is 31.3. The lowest BCUT2D eigenvalue weighted by atomic mass is 10.2. The predicted molar refractivity (Wildman–Crippen MR) is 136 cm³/mol. The van der Waals surface area contributed by atoms with Crippen molar-refractivity contribution in [3.8, 4) is 0 Å². The summed E-state index contributed by atoms with van der Waals surface area (Å²) in [6.45, 7) is 0.692. The smallest absolute Gasteiger partial charge is 0.390 e. The fourth-order valence-electron chi connectivity index (χ4n) is 3.43. The van der Waals surface area contributed by atoms with Gasteiger partial charge in [-0.1, -0.05) is 12.8 Å². The summed E-state index contributed by atoms with van der Waals surface area (Å²) < 4.78 is 71.9. The van der Waals surface area contributed by atoms with Gasteiger partial charge >= 0.3 is 36.5 Å². The number of aromatic nitrogens is 2. The highest BCUT2D eigenvalue weighted by Gasteiger charge is 2.45. The maximum Gasteiger partial charge on any atom is 0.488 e. The molecule has 1 aliphatic heterocycles. The van der Waals surface area contributed by atoms with Crippen molar-refractivity contribution < 1.29 is 65.3 Å². The molecule has 5 unspecified atom stereocenters. The van der Waals surface area contributed by atoms with Gasteiger partial charge in [-0.25, -0.2) is 18.2 Å². The molecule has 0 spiro atoms. The predicted octanol–water partition coefficient (Wildman–Crippen LogP) is 0.608. The molecule has 1 aliphatic rings. The van der Waals surface area contributed by atoms with E-state index in [2.05, 4.69) is 17.7 Å². The Labute approximate surface area is 227 Å². The van der Waals surface area contributed by atoms with Gasteiger partial charge in [0.05, 0.1) is 19.3 Å². The largest absolute Gasteiger partial charge is 0.488 e. The van der Waals surface area contributed by atoms with Crippen molar-refractivity contribution in [1.82, 2.24) is 9.55 Å². The van der Waals surface area contributed by atoms with Gasteiger partial charge in [0.15, 0.2) is 5.90 Å². The minimum absolute atomic E-state index is 0.160. The van der Waals surface area contributed by atoms with Crippen LogP contribution in [0.25, 0.3) is 0 Å². The summed E-state index contributed by atoms with van der Waals surface area (Å²) in [6, 6.07) is 0. The van der Waals surface area contributed by atoms with Gasteiger partial charge in [0.1, 0.15) is 12.3 Å². The third kappa shape index (κ3) is 11.8. The fraction of sp³-hybridized carbons (Fsp3) is 0.765. The van der Waals surface area contributed by atoms with Crippen LogP contribution in [0.4, 0.5) is 0 Å². The van der Waals surface area contributed by atoms with E-state index in [0.29, 0.717) is 19.4 Å². The molecule has 7 atom stereocenters. The maximum atomic E-state index is 12.2. The van der Waals surface area contributed by atoms with Crippen molar-refractivity contribution in [3.63, 3.8) is 0 Å². The van der Waals surface area contributed by atoms with Crippen molar-refractivity contribution >= 4 is 30.8 Å². The highest BCUT2D eigenvalue weighted by Crippen LogP contribution is 2.70. The van der Waals surface area contributed by atoms with Gasteiger partial charge in [-0.2, -0.15) is 4.31 Å². The van der Waals surface area contributed by atoms with Crippen LogP contribution in [-0.4, -0.2) is 72.1 Å². The number of hydrogen-bond acceptors (Lipinski definition) is 13. The van der Waals surface area contributed by atoms with E-state index in [-0.39, 0.29) is 18.6 Å². The van der Waals surface area contributed by atoms with Crippen molar-refractivity contribution in [3.05, 3.63) is 32.6 Å². The number of nitrogens with one attached hydrogen (secondary N) is 1. The lowest BCUT2D eigenvalue weighted by molar-refractivity contribution is -0.0450. The number of phosphoric acid groups is 2. The van der Waals surface area contributed by atoms with Gasteiger partial charge in [0.2, 0.25) is 0 Å². The fourth-order valence-corrected chi connectivity index (χ4v) is 9.90. The number of rotatable bonds is 17. The lowest BCUT2D eigenvalue weighted by Gasteiger charge is -2.21. The molecule has 0 amide bonds. The molecule has 0 aromatic carbocycles. The number of nitrogens with two attached hydrogens (primary N) is 1. The van der Waals surface area contributed by atoms with Crippen LogP contribution < -0.4 is 17.0 Å². The molecule has 0 saturated carbocycles. The lowest BCUT2D eigenvalue weighted by Crippen LogP contribution is -2.33. The Morgan fingerprint density at radius 1 is 1.00 bits per heavy atom. The standard InChI is InChI=1S/C17H33N3O16P4/c1-12-9-20(17(23)19-16(12)22)15-8-13(21)14(34-15)10-33-39(28,29)36-40(30,31)35-38(26,27)11-37(24,25)32-7-5-3-2-4-6-18/h9,13-15,21H,2-8,10-11,18H2,1H3,(H,24,25)(H,26,27)(H,28,29)(H,30,31)(H,19,22,23)/t13?,14-,15-/m1/s1. The first kappa shape index (κ1) is 35.4. The van der Waals surface area contributed by atoms with Gasteiger partial charge in [-0.3, -0.25) is 28.0 Å². The highest BCUT2D eigenvalue weighted by molar-refractivity contribution is 7.75. The number of ether oxygens (including phenoxy) is 1. The van der Waals surface area contributed by atoms with Crippen LogP contribution in [0.15, 0.2) is 15.8 Å². The second-order valence-corrected chi connectivity index (χ2v) is 16.1. The maximum absolute atomic E-state index is 12.2. The Balaban J connectivity index is 1.90. The Kier molecular flexibility index (Phi) is 12.9. The average Bonchev–Trinajstić information content (AvgIpc) is 3.15. The van der Waals surface area contributed by atoms with E-state index in [0.717, 1.165) is 17.4 Å². The third-order valence-corrected chi connectivity index (χ3v) is 12.7. The first-order valence-corrected chi connectivity index (χ1v) is 18.2. The molecule has 1 aromatic rings. The van der Waals surface area contributed by atoms with Gasteiger partial charge in [0, 0.05) is 18.2 Å². The number of aliphatic hydroxyl groups is 1.